The quantitative estimate of drug-likeness (QED) is 0.936. The van der Waals surface area contributed by atoms with E-state index in [4.69, 9.17) is 4.74 Å². The summed E-state index contributed by atoms with van der Waals surface area (Å²) < 4.78 is 5.78. The van der Waals surface area contributed by atoms with Gasteiger partial charge in [0, 0.05) is 18.8 Å². The molecule has 2 aromatic carbocycles. The number of amides is 1. The Kier molecular flexibility index (Phi) is 3.98. The predicted octanol–water partition coefficient (Wildman–Crippen LogP) is 3.74. The fourth-order valence-corrected chi connectivity index (χ4v) is 3.59. The third-order valence-electron chi connectivity index (χ3n) is 4.80. The molecule has 0 aliphatic carbocycles. The van der Waals surface area contributed by atoms with Crippen molar-refractivity contribution in [2.45, 2.75) is 32.0 Å². The summed E-state index contributed by atoms with van der Waals surface area (Å²) in [5, 5.41) is 3.54. The zero-order chi connectivity index (χ0) is 16.5. The number of carbonyl (C=O) groups excluding carboxylic acids is 1. The van der Waals surface area contributed by atoms with Gasteiger partial charge in [0.05, 0.1) is 11.7 Å². The number of hydrogen-bond acceptors (Lipinski definition) is 3. The highest BCUT2D eigenvalue weighted by atomic mass is 16.5. The van der Waals surface area contributed by atoms with Crippen molar-refractivity contribution in [1.82, 2.24) is 4.90 Å². The van der Waals surface area contributed by atoms with Crippen LogP contribution >= 0.6 is 0 Å². The number of nitrogens with zero attached hydrogens (tertiary/aromatic N) is 1. The number of hydrogen-bond donors (Lipinski definition) is 1. The second-order valence-electron chi connectivity index (χ2n) is 6.60. The van der Waals surface area contributed by atoms with E-state index in [9.17, 15) is 4.79 Å². The van der Waals surface area contributed by atoms with Crippen LogP contribution in [-0.4, -0.2) is 30.1 Å². The largest absolute Gasteiger partial charge is 0.376 e. The van der Waals surface area contributed by atoms with E-state index >= 15 is 0 Å². The Morgan fingerprint density at radius 1 is 1.21 bits per heavy atom. The first-order chi connectivity index (χ1) is 11.7. The first kappa shape index (κ1) is 15.2. The number of ether oxygens (including phenoxy) is 1. The average Bonchev–Trinajstić information content (AvgIpc) is 3.10. The molecular weight excluding hydrogens is 300 g/mol. The van der Waals surface area contributed by atoms with Gasteiger partial charge in [-0.1, -0.05) is 42.0 Å². The summed E-state index contributed by atoms with van der Waals surface area (Å²) in [5.74, 6) is 0.0753. The molecule has 124 valence electrons. The molecule has 2 aliphatic rings. The highest BCUT2D eigenvalue weighted by molar-refractivity contribution is 6.01. The van der Waals surface area contributed by atoms with Crippen LogP contribution in [-0.2, 0) is 4.74 Å². The second-order valence-corrected chi connectivity index (χ2v) is 6.60. The van der Waals surface area contributed by atoms with Crippen molar-refractivity contribution >= 4 is 11.6 Å². The van der Waals surface area contributed by atoms with E-state index in [0.717, 1.165) is 36.3 Å². The van der Waals surface area contributed by atoms with Gasteiger partial charge in [-0.15, -0.1) is 0 Å². The summed E-state index contributed by atoms with van der Waals surface area (Å²) >= 11 is 0. The summed E-state index contributed by atoms with van der Waals surface area (Å²) in [6.07, 6.45) is 2.07. The lowest BCUT2D eigenvalue weighted by atomic mass is 10.0. The van der Waals surface area contributed by atoms with Crippen LogP contribution in [0.25, 0.3) is 0 Å². The van der Waals surface area contributed by atoms with Crippen molar-refractivity contribution in [2.24, 2.45) is 0 Å². The Morgan fingerprint density at radius 2 is 2.08 bits per heavy atom. The van der Waals surface area contributed by atoms with Crippen LogP contribution in [0, 0.1) is 6.92 Å². The first-order valence-electron chi connectivity index (χ1n) is 8.57. The van der Waals surface area contributed by atoms with E-state index < -0.39 is 0 Å². The van der Waals surface area contributed by atoms with Crippen molar-refractivity contribution in [3.63, 3.8) is 0 Å². The molecule has 0 spiro atoms. The Morgan fingerprint density at radius 3 is 2.88 bits per heavy atom. The maximum Gasteiger partial charge on any atom is 0.257 e. The smallest absolute Gasteiger partial charge is 0.257 e. The van der Waals surface area contributed by atoms with E-state index in [0.29, 0.717) is 6.54 Å². The highest BCUT2D eigenvalue weighted by Gasteiger charge is 2.35. The van der Waals surface area contributed by atoms with Crippen LogP contribution in [0.3, 0.4) is 0 Å². The van der Waals surface area contributed by atoms with Crippen molar-refractivity contribution < 1.29 is 9.53 Å². The lowest BCUT2D eigenvalue weighted by Crippen LogP contribution is -2.46. The number of anilines is 1. The zero-order valence-electron chi connectivity index (χ0n) is 13.9. The molecule has 1 amide bonds. The van der Waals surface area contributed by atoms with E-state index in [2.05, 4.69) is 30.4 Å². The molecule has 4 rings (SSSR count). The van der Waals surface area contributed by atoms with Gasteiger partial charge < -0.3 is 15.0 Å². The molecule has 0 aromatic heterocycles. The zero-order valence-corrected chi connectivity index (χ0v) is 13.9. The van der Waals surface area contributed by atoms with Crippen LogP contribution in [0.15, 0.2) is 48.5 Å². The number of rotatable bonds is 3. The molecule has 4 nitrogen and oxygen atoms in total. The Bertz CT molecular complexity index is 753. The molecule has 0 unspecified atom stereocenters. The maximum atomic E-state index is 13.1. The normalized spacial score (nSPS) is 23.0. The Labute approximate surface area is 142 Å². The molecule has 24 heavy (non-hydrogen) atoms. The van der Waals surface area contributed by atoms with Crippen molar-refractivity contribution in [3.05, 3.63) is 65.2 Å². The van der Waals surface area contributed by atoms with Crippen LogP contribution in [0.1, 0.15) is 40.5 Å². The molecule has 2 heterocycles. The van der Waals surface area contributed by atoms with Gasteiger partial charge in [0.25, 0.3) is 5.91 Å². The number of fused-ring (bicyclic) bond motifs is 1. The minimum absolute atomic E-state index is 0.0753. The second kappa shape index (κ2) is 6.29. The highest BCUT2D eigenvalue weighted by Crippen LogP contribution is 2.34. The summed E-state index contributed by atoms with van der Waals surface area (Å²) in [5.41, 5.74) is 3.94. The van der Waals surface area contributed by atoms with Gasteiger partial charge >= 0.3 is 0 Å². The molecule has 1 fully saturated rings. The van der Waals surface area contributed by atoms with Crippen LogP contribution in [0.4, 0.5) is 5.69 Å². The maximum absolute atomic E-state index is 13.1. The standard InChI is InChI=1S/C20H22N2O2/c1-14-6-4-7-15(12-14)19-21-18-10-3-2-9-17(18)20(23)22(19)13-16-8-5-11-24-16/h2-4,6-7,9-10,12,16,19,21H,5,8,11,13H2,1H3/t16-,19-/m1/s1. The third kappa shape index (κ3) is 2.78. The number of benzene rings is 2. The molecule has 0 radical (unpaired) electrons. The minimum Gasteiger partial charge on any atom is -0.376 e. The Balaban J connectivity index is 1.72. The molecule has 4 heteroatoms. The van der Waals surface area contributed by atoms with Gasteiger partial charge in [-0.3, -0.25) is 4.79 Å². The summed E-state index contributed by atoms with van der Waals surface area (Å²) in [6, 6.07) is 16.1. The summed E-state index contributed by atoms with van der Waals surface area (Å²) in [6.45, 7) is 3.50. The molecule has 2 aliphatic heterocycles. The van der Waals surface area contributed by atoms with Gasteiger partial charge in [0.1, 0.15) is 6.17 Å². The van der Waals surface area contributed by atoms with Crippen LogP contribution in [0.5, 0.6) is 0 Å². The molecule has 2 atom stereocenters. The van der Waals surface area contributed by atoms with Crippen molar-refractivity contribution in [1.29, 1.82) is 0 Å². The van der Waals surface area contributed by atoms with Crippen molar-refractivity contribution in [3.8, 4) is 0 Å². The number of para-hydroxylation sites is 1. The summed E-state index contributed by atoms with van der Waals surface area (Å²) in [7, 11) is 0. The van der Waals surface area contributed by atoms with Gasteiger partial charge in [-0.2, -0.15) is 0 Å². The summed E-state index contributed by atoms with van der Waals surface area (Å²) in [4.78, 5) is 15.0. The molecule has 2 aromatic rings. The van der Waals surface area contributed by atoms with Gasteiger partial charge in [0.15, 0.2) is 0 Å². The number of nitrogens with one attached hydrogen (secondary N) is 1. The topological polar surface area (TPSA) is 41.6 Å². The van der Waals surface area contributed by atoms with E-state index in [1.165, 1.54) is 5.56 Å². The van der Waals surface area contributed by atoms with E-state index in [1.54, 1.807) is 0 Å². The molecular formula is C20H22N2O2. The van der Waals surface area contributed by atoms with E-state index in [-0.39, 0.29) is 18.2 Å². The average molecular weight is 322 g/mol. The lowest BCUT2D eigenvalue weighted by molar-refractivity contribution is 0.0427. The Hall–Kier alpha value is -2.33. The fourth-order valence-electron chi connectivity index (χ4n) is 3.59. The van der Waals surface area contributed by atoms with Gasteiger partial charge in [-0.05, 0) is 37.5 Å². The predicted molar refractivity (Wildman–Crippen MR) is 94.0 cm³/mol. The third-order valence-corrected chi connectivity index (χ3v) is 4.80. The monoisotopic (exact) mass is 322 g/mol. The van der Waals surface area contributed by atoms with Gasteiger partial charge in [0.2, 0.25) is 0 Å². The SMILES string of the molecule is Cc1cccc([C@@H]2Nc3ccccc3C(=O)N2C[C@H]2CCCO2)c1. The van der Waals surface area contributed by atoms with E-state index in [1.807, 2.05) is 35.2 Å². The molecule has 0 saturated carbocycles. The molecule has 0 bridgehead atoms. The lowest BCUT2D eigenvalue weighted by Gasteiger charge is -2.39. The number of aryl methyl sites for hydroxylation is 1. The van der Waals surface area contributed by atoms with Crippen molar-refractivity contribution in [2.75, 3.05) is 18.5 Å². The van der Waals surface area contributed by atoms with Crippen LogP contribution < -0.4 is 5.32 Å². The first-order valence-corrected chi connectivity index (χ1v) is 8.57. The molecule has 1 saturated heterocycles. The fraction of sp³-hybridized carbons (Fsp3) is 0.350. The number of carbonyl (C=O) groups is 1. The van der Waals surface area contributed by atoms with Crippen LogP contribution in [0.2, 0.25) is 0 Å². The molecule has 1 N–H and O–H groups in total. The van der Waals surface area contributed by atoms with Gasteiger partial charge in [-0.25, -0.2) is 0 Å². The minimum atomic E-state index is -0.156.